The van der Waals surface area contributed by atoms with Gasteiger partial charge in [0.05, 0.1) is 43.7 Å². The first-order chi connectivity index (χ1) is 24.8. The molecule has 2 aromatic heterocycles. The van der Waals surface area contributed by atoms with Gasteiger partial charge in [-0.05, 0) is 55.3 Å². The number of amides is 1. The molecule has 12 heteroatoms. The van der Waals surface area contributed by atoms with Gasteiger partial charge >= 0.3 is 0 Å². The highest BCUT2D eigenvalue weighted by Crippen LogP contribution is 2.54. The summed E-state index contributed by atoms with van der Waals surface area (Å²) in [6.07, 6.45) is 11.9. The van der Waals surface area contributed by atoms with E-state index < -0.39 is 11.6 Å². The largest absolute Gasteiger partial charge is 0.508 e. The first-order valence-corrected chi connectivity index (χ1v) is 17.4. The number of ether oxygens (including phenoxy) is 3. The van der Waals surface area contributed by atoms with Crippen molar-refractivity contribution < 1.29 is 32.9 Å². The highest BCUT2D eigenvalue weighted by Gasteiger charge is 2.53. The maximum Gasteiger partial charge on any atom is 0.243 e. The Labute approximate surface area is 294 Å². The lowest BCUT2D eigenvalue weighted by Gasteiger charge is -2.38. The summed E-state index contributed by atoms with van der Waals surface area (Å²) >= 11 is 0. The molecule has 0 radical (unpaired) electrons. The third-order valence-electron chi connectivity index (χ3n) is 10.7. The van der Waals surface area contributed by atoms with Crippen molar-refractivity contribution in [1.29, 1.82) is 0 Å². The van der Waals surface area contributed by atoms with Crippen LogP contribution >= 0.6 is 0 Å². The molecule has 51 heavy (non-hydrogen) atoms. The van der Waals surface area contributed by atoms with Crippen molar-refractivity contribution in [1.82, 2.24) is 20.2 Å². The van der Waals surface area contributed by atoms with Crippen LogP contribution in [-0.4, -0.2) is 97.2 Å². The lowest BCUT2D eigenvalue weighted by molar-refractivity contribution is -0.117. The number of phenolic OH excluding ortho intramolecular Hbond substituents is 1. The number of fused-ring (bicyclic) bond motifs is 3. The van der Waals surface area contributed by atoms with Crippen molar-refractivity contribution in [3.63, 3.8) is 0 Å². The van der Waals surface area contributed by atoms with Crippen LogP contribution in [0.1, 0.15) is 30.4 Å². The Bertz CT molecular complexity index is 2090. The summed E-state index contributed by atoms with van der Waals surface area (Å²) in [7, 11) is 0. The summed E-state index contributed by atoms with van der Waals surface area (Å²) in [4.78, 5) is 26.3. The number of aromatic nitrogens is 2. The number of hydrogen-bond acceptors (Lipinski definition) is 9. The number of pyridine rings is 2. The molecule has 1 saturated carbocycles. The number of hydrogen-bond donors (Lipinski definition) is 2. The maximum atomic E-state index is 17.2. The van der Waals surface area contributed by atoms with Gasteiger partial charge in [0.25, 0.3) is 0 Å². The minimum Gasteiger partial charge on any atom is -0.508 e. The highest BCUT2D eigenvalue weighted by molar-refractivity contribution is 6.03. The number of benzene rings is 2. The Hall–Kier alpha value is -4.83. The smallest absolute Gasteiger partial charge is 0.243 e. The molecule has 2 aromatic carbocycles. The average molecular weight is 696 g/mol. The molecule has 1 aliphatic carbocycles. The van der Waals surface area contributed by atoms with Crippen LogP contribution in [0.15, 0.2) is 43.1 Å². The molecule has 4 aliphatic rings. The summed E-state index contributed by atoms with van der Waals surface area (Å²) in [5.41, 5.74) is 1.56. The van der Waals surface area contributed by atoms with Crippen LogP contribution in [0.3, 0.4) is 0 Å². The SMILES string of the molecule is C#Cc1c(F)ccc2cc(O)cc(-c3ncc4c(N5CCOC[C@H](NC(=O)C=C)C5)c5c(nc4c3F)O[C@H](C3(CN4CCOCC4)CC3)CC5)c12. The Morgan fingerprint density at radius 3 is 2.75 bits per heavy atom. The third-order valence-corrected chi connectivity index (χ3v) is 10.7. The molecule has 2 atom stereocenters. The van der Waals surface area contributed by atoms with Crippen LogP contribution in [0.25, 0.3) is 32.9 Å². The number of aromatic hydroxyl groups is 1. The first-order valence-electron chi connectivity index (χ1n) is 17.4. The van der Waals surface area contributed by atoms with Crippen molar-refractivity contribution in [2.45, 2.75) is 37.8 Å². The second kappa shape index (κ2) is 13.4. The number of nitrogens with one attached hydrogen (secondary N) is 1. The van der Waals surface area contributed by atoms with E-state index >= 15 is 4.39 Å². The fourth-order valence-electron chi connectivity index (χ4n) is 8.03. The van der Waals surface area contributed by atoms with E-state index in [9.17, 15) is 14.3 Å². The van der Waals surface area contributed by atoms with Crippen LogP contribution in [0.2, 0.25) is 0 Å². The Kier molecular flexibility index (Phi) is 8.74. The van der Waals surface area contributed by atoms with Crippen molar-refractivity contribution >= 4 is 33.3 Å². The molecule has 264 valence electrons. The number of halogens is 2. The number of morpholine rings is 1. The molecule has 5 heterocycles. The Balaban J connectivity index is 1.27. The van der Waals surface area contributed by atoms with Crippen LogP contribution in [0.5, 0.6) is 11.6 Å². The minimum atomic E-state index is -0.751. The van der Waals surface area contributed by atoms with Crippen LogP contribution in [0.4, 0.5) is 14.5 Å². The Morgan fingerprint density at radius 1 is 1.18 bits per heavy atom. The molecule has 3 fully saturated rings. The molecule has 4 aromatic rings. The minimum absolute atomic E-state index is 0.0134. The van der Waals surface area contributed by atoms with Crippen LogP contribution < -0.4 is 15.0 Å². The Morgan fingerprint density at radius 2 is 1.98 bits per heavy atom. The fourth-order valence-corrected chi connectivity index (χ4v) is 8.03. The van der Waals surface area contributed by atoms with Crippen LogP contribution in [-0.2, 0) is 20.7 Å². The standard InChI is InChI=1S/C39H39F2N5O5/c1-3-26-30(40)7-5-23-17-25(47)18-28(33(23)26)35-34(41)36-29(19-42-35)37(46-13-16-50-21-24(20-46)43-32(48)4-2)27-6-8-31(51-38(27)44-36)39(9-10-39)22-45-11-14-49-15-12-45/h1,4-5,7,17-19,24,31,47H,2,6,8-16,20-22H2,(H,43,48)/t24-,31+/m1/s1. The molecule has 1 amide bonds. The van der Waals surface area contributed by atoms with E-state index in [0.717, 1.165) is 63.4 Å². The zero-order chi connectivity index (χ0) is 35.3. The summed E-state index contributed by atoms with van der Waals surface area (Å²) in [6.45, 7) is 9.24. The lowest BCUT2D eigenvalue weighted by Crippen LogP contribution is -2.46. The average Bonchev–Trinajstić information content (AvgIpc) is 3.95. The summed E-state index contributed by atoms with van der Waals surface area (Å²) < 4.78 is 50.4. The van der Waals surface area contributed by atoms with Crippen molar-refractivity contribution in [2.75, 3.05) is 64.1 Å². The summed E-state index contributed by atoms with van der Waals surface area (Å²) in [5, 5.41) is 14.8. The zero-order valence-electron chi connectivity index (χ0n) is 28.2. The van der Waals surface area contributed by atoms with Gasteiger partial charge in [-0.25, -0.2) is 13.8 Å². The van der Waals surface area contributed by atoms with Gasteiger partial charge in [0, 0.05) is 66.2 Å². The van der Waals surface area contributed by atoms with E-state index in [1.54, 1.807) is 6.20 Å². The molecular formula is C39H39F2N5O5. The molecule has 0 spiro atoms. The van der Waals surface area contributed by atoms with Crippen molar-refractivity contribution in [2.24, 2.45) is 5.41 Å². The zero-order valence-corrected chi connectivity index (χ0v) is 28.2. The number of rotatable bonds is 7. The van der Waals surface area contributed by atoms with Gasteiger partial charge in [-0.3, -0.25) is 14.7 Å². The summed E-state index contributed by atoms with van der Waals surface area (Å²) in [5.74, 6) is 0.907. The van der Waals surface area contributed by atoms with Gasteiger partial charge in [0.15, 0.2) is 5.82 Å². The molecule has 2 N–H and O–H groups in total. The van der Waals surface area contributed by atoms with Crippen molar-refractivity contribution in [3.8, 4) is 35.2 Å². The van der Waals surface area contributed by atoms with Gasteiger partial charge in [0.2, 0.25) is 11.8 Å². The molecule has 0 bridgehead atoms. The molecular weight excluding hydrogens is 656 g/mol. The highest BCUT2D eigenvalue weighted by atomic mass is 19.1. The number of nitrogens with zero attached hydrogens (tertiary/aromatic N) is 4. The fraction of sp³-hybridized carbons (Fsp3) is 0.410. The molecule has 0 unspecified atom stereocenters. The topological polar surface area (TPSA) is 109 Å². The molecule has 3 aliphatic heterocycles. The maximum absolute atomic E-state index is 17.2. The molecule has 2 saturated heterocycles. The van der Waals surface area contributed by atoms with E-state index in [2.05, 4.69) is 32.6 Å². The number of anilines is 1. The van der Waals surface area contributed by atoms with E-state index in [-0.39, 0.29) is 56.9 Å². The van der Waals surface area contributed by atoms with Gasteiger partial charge in [-0.2, -0.15) is 0 Å². The van der Waals surface area contributed by atoms with E-state index in [1.165, 1.54) is 30.3 Å². The molecule has 8 rings (SSSR count). The van der Waals surface area contributed by atoms with Gasteiger partial charge in [0.1, 0.15) is 28.9 Å². The second-order valence-electron chi connectivity index (χ2n) is 13.9. The number of terminal acetylenes is 1. The monoisotopic (exact) mass is 695 g/mol. The molecule has 10 nitrogen and oxygen atoms in total. The van der Waals surface area contributed by atoms with Gasteiger partial charge < -0.3 is 29.5 Å². The lowest BCUT2D eigenvalue weighted by atomic mass is 9.89. The van der Waals surface area contributed by atoms with E-state index in [0.29, 0.717) is 49.4 Å². The van der Waals surface area contributed by atoms with E-state index in [4.69, 9.17) is 25.6 Å². The quantitative estimate of drug-likeness (QED) is 0.210. The first kappa shape index (κ1) is 33.3. The van der Waals surface area contributed by atoms with E-state index in [1.807, 2.05) is 0 Å². The predicted molar refractivity (Wildman–Crippen MR) is 189 cm³/mol. The van der Waals surface area contributed by atoms with Gasteiger partial charge in [-0.1, -0.05) is 18.6 Å². The number of carbonyl (C=O) groups excluding carboxylic acids is 1. The van der Waals surface area contributed by atoms with Crippen LogP contribution in [0, 0.1) is 29.4 Å². The predicted octanol–water partition coefficient (Wildman–Crippen LogP) is 4.73. The second-order valence-corrected chi connectivity index (χ2v) is 13.9. The van der Waals surface area contributed by atoms with Gasteiger partial charge in [-0.15, -0.1) is 6.42 Å². The normalized spacial score (nSPS) is 21.7. The number of phenols is 1. The summed E-state index contributed by atoms with van der Waals surface area (Å²) in [6, 6.07) is 5.15. The number of carbonyl (C=O) groups is 1. The van der Waals surface area contributed by atoms with Crippen molar-refractivity contribution in [3.05, 3.63) is 65.9 Å². The third kappa shape index (κ3) is 6.13.